The number of fused-ring (bicyclic) bond motifs is 1. The van der Waals surface area contributed by atoms with Crippen LogP contribution in [-0.2, 0) is 16.6 Å². The van der Waals surface area contributed by atoms with E-state index in [-0.39, 0.29) is 23.0 Å². The van der Waals surface area contributed by atoms with E-state index < -0.39 is 10.0 Å². The highest BCUT2D eigenvalue weighted by Crippen LogP contribution is 2.26. The maximum absolute atomic E-state index is 13.0. The first kappa shape index (κ1) is 22.1. The first-order valence-electron chi connectivity index (χ1n) is 10.3. The van der Waals surface area contributed by atoms with Crippen molar-refractivity contribution < 1.29 is 27.2 Å². The Morgan fingerprint density at radius 3 is 2.59 bits per heavy atom. The third-order valence-corrected chi connectivity index (χ3v) is 6.94. The van der Waals surface area contributed by atoms with Crippen LogP contribution in [0.5, 0.6) is 11.5 Å². The number of ether oxygens (including phenoxy) is 2. The van der Waals surface area contributed by atoms with Crippen LogP contribution in [0.4, 0.5) is 0 Å². The van der Waals surface area contributed by atoms with Crippen molar-refractivity contribution in [2.75, 3.05) is 27.3 Å². The van der Waals surface area contributed by atoms with Gasteiger partial charge in [-0.2, -0.15) is 0 Å². The molecule has 1 amide bonds. The minimum absolute atomic E-state index is 0.00391. The third-order valence-electron chi connectivity index (χ3n) is 5.54. The van der Waals surface area contributed by atoms with Crippen LogP contribution >= 0.6 is 0 Å². The molecule has 4 rings (SSSR count). The molecule has 9 nitrogen and oxygen atoms in total. The number of carbonyl (C=O) groups excluding carboxylic acids is 1. The highest BCUT2D eigenvalue weighted by molar-refractivity contribution is 7.89. The van der Waals surface area contributed by atoms with Gasteiger partial charge in [0.15, 0.2) is 11.3 Å². The van der Waals surface area contributed by atoms with E-state index in [1.165, 1.54) is 32.4 Å². The van der Waals surface area contributed by atoms with Crippen molar-refractivity contribution in [3.05, 3.63) is 47.7 Å². The molecule has 0 spiro atoms. The Hall–Kier alpha value is -3.11. The molecule has 1 saturated heterocycles. The van der Waals surface area contributed by atoms with Gasteiger partial charge in [-0.05, 0) is 55.7 Å². The average molecular weight is 460 g/mol. The van der Waals surface area contributed by atoms with Crippen LogP contribution in [0.3, 0.4) is 0 Å². The maximum atomic E-state index is 13.0. The molecule has 170 valence electrons. The van der Waals surface area contributed by atoms with Gasteiger partial charge in [0, 0.05) is 25.2 Å². The molecule has 1 fully saturated rings. The van der Waals surface area contributed by atoms with Crippen molar-refractivity contribution >= 4 is 26.9 Å². The van der Waals surface area contributed by atoms with Gasteiger partial charge < -0.3 is 18.9 Å². The molecule has 0 radical (unpaired) electrons. The first-order chi connectivity index (χ1) is 15.4. The number of hydrogen-bond donors (Lipinski definition) is 1. The standard InChI is InChI=1S/C22H25N3O6S/c1-29-16-6-8-19(30-2)15(12-16)14-23-32(27,28)17-7-9-20-18(13-17)21(24-31-20)22(26)25-10-4-3-5-11-25/h6-9,12-13,23H,3-5,10-11,14H2,1-2H3. The first-order valence-corrected chi connectivity index (χ1v) is 11.8. The van der Waals surface area contributed by atoms with E-state index in [2.05, 4.69) is 9.88 Å². The molecule has 3 aromatic rings. The predicted molar refractivity (Wildman–Crippen MR) is 117 cm³/mol. The highest BCUT2D eigenvalue weighted by Gasteiger charge is 2.25. The van der Waals surface area contributed by atoms with Gasteiger partial charge in [-0.1, -0.05) is 5.16 Å². The summed E-state index contributed by atoms with van der Waals surface area (Å²) < 4.78 is 44.3. The van der Waals surface area contributed by atoms with Crippen LogP contribution in [0.1, 0.15) is 35.3 Å². The summed E-state index contributed by atoms with van der Waals surface area (Å²) >= 11 is 0. The number of rotatable bonds is 7. The molecule has 32 heavy (non-hydrogen) atoms. The van der Waals surface area contributed by atoms with Crippen LogP contribution in [0.25, 0.3) is 11.0 Å². The summed E-state index contributed by atoms with van der Waals surface area (Å²) in [5.41, 5.74) is 1.12. The summed E-state index contributed by atoms with van der Waals surface area (Å²) in [6.45, 7) is 1.33. The Morgan fingerprint density at radius 1 is 1.09 bits per heavy atom. The quantitative estimate of drug-likeness (QED) is 0.578. The lowest BCUT2D eigenvalue weighted by molar-refractivity contribution is 0.0715. The van der Waals surface area contributed by atoms with Gasteiger partial charge in [0.2, 0.25) is 10.0 Å². The van der Waals surface area contributed by atoms with Crippen molar-refractivity contribution in [3.63, 3.8) is 0 Å². The summed E-state index contributed by atoms with van der Waals surface area (Å²) in [4.78, 5) is 14.6. The molecule has 0 atom stereocenters. The Bertz CT molecular complexity index is 1230. The van der Waals surface area contributed by atoms with Crippen molar-refractivity contribution in [3.8, 4) is 11.5 Å². The third kappa shape index (κ3) is 4.42. The van der Waals surface area contributed by atoms with Crippen molar-refractivity contribution in [1.29, 1.82) is 0 Å². The van der Waals surface area contributed by atoms with Gasteiger partial charge in [0.05, 0.1) is 24.5 Å². The smallest absolute Gasteiger partial charge is 0.276 e. The molecular weight excluding hydrogens is 434 g/mol. The molecule has 0 bridgehead atoms. The van der Waals surface area contributed by atoms with E-state index in [9.17, 15) is 13.2 Å². The Kier molecular flexibility index (Phi) is 6.33. The van der Waals surface area contributed by atoms with Crippen LogP contribution in [0.2, 0.25) is 0 Å². The molecule has 2 aromatic carbocycles. The minimum Gasteiger partial charge on any atom is -0.497 e. The van der Waals surface area contributed by atoms with E-state index >= 15 is 0 Å². The second-order valence-electron chi connectivity index (χ2n) is 7.54. The average Bonchev–Trinajstić information content (AvgIpc) is 3.26. The number of hydrogen-bond acceptors (Lipinski definition) is 7. The molecule has 2 heterocycles. The fourth-order valence-corrected chi connectivity index (χ4v) is 4.79. The van der Waals surface area contributed by atoms with E-state index in [0.29, 0.717) is 41.1 Å². The molecule has 0 saturated carbocycles. The zero-order valence-corrected chi connectivity index (χ0v) is 18.8. The van der Waals surface area contributed by atoms with E-state index in [1.807, 2.05) is 0 Å². The summed E-state index contributed by atoms with van der Waals surface area (Å²) in [6.07, 6.45) is 2.98. The zero-order valence-electron chi connectivity index (χ0n) is 18.0. The van der Waals surface area contributed by atoms with Crippen LogP contribution in [0, 0.1) is 0 Å². The SMILES string of the molecule is COc1ccc(OC)c(CNS(=O)(=O)c2ccc3onc(C(=O)N4CCCCC4)c3c2)c1. The number of aromatic nitrogens is 1. The molecule has 0 unspecified atom stereocenters. The Balaban J connectivity index is 1.59. The Morgan fingerprint density at radius 2 is 1.88 bits per heavy atom. The second-order valence-corrected chi connectivity index (χ2v) is 9.31. The van der Waals surface area contributed by atoms with Gasteiger partial charge >= 0.3 is 0 Å². The van der Waals surface area contributed by atoms with Crippen LogP contribution in [0.15, 0.2) is 45.8 Å². The van der Waals surface area contributed by atoms with Crippen molar-refractivity contribution in [2.24, 2.45) is 0 Å². The van der Waals surface area contributed by atoms with E-state index in [0.717, 1.165) is 19.3 Å². The number of amides is 1. The minimum atomic E-state index is -3.88. The van der Waals surface area contributed by atoms with Gasteiger partial charge in [-0.15, -0.1) is 0 Å². The highest BCUT2D eigenvalue weighted by atomic mass is 32.2. The van der Waals surface area contributed by atoms with E-state index in [1.54, 1.807) is 23.1 Å². The van der Waals surface area contributed by atoms with Crippen molar-refractivity contribution in [2.45, 2.75) is 30.7 Å². The summed E-state index contributed by atoms with van der Waals surface area (Å²) in [7, 11) is -0.832. The van der Waals surface area contributed by atoms with Gasteiger partial charge in [0.1, 0.15) is 11.5 Å². The number of likely N-dealkylation sites (tertiary alicyclic amines) is 1. The number of nitrogens with zero attached hydrogens (tertiary/aromatic N) is 2. The topological polar surface area (TPSA) is 111 Å². The molecule has 1 N–H and O–H groups in total. The lowest BCUT2D eigenvalue weighted by atomic mass is 10.1. The number of carbonyl (C=O) groups is 1. The largest absolute Gasteiger partial charge is 0.497 e. The normalized spacial score (nSPS) is 14.5. The fourth-order valence-electron chi connectivity index (χ4n) is 3.76. The molecule has 0 aliphatic carbocycles. The van der Waals surface area contributed by atoms with Crippen molar-refractivity contribution in [1.82, 2.24) is 14.8 Å². The molecule has 10 heteroatoms. The molecule has 1 aliphatic heterocycles. The molecule has 1 aromatic heterocycles. The second kappa shape index (κ2) is 9.17. The lowest BCUT2D eigenvalue weighted by Gasteiger charge is -2.25. The van der Waals surface area contributed by atoms with Gasteiger partial charge in [-0.25, -0.2) is 13.1 Å². The summed E-state index contributed by atoms with van der Waals surface area (Å²) in [5.74, 6) is 0.885. The fraction of sp³-hybridized carbons (Fsp3) is 0.364. The predicted octanol–water partition coefficient (Wildman–Crippen LogP) is 2.95. The van der Waals surface area contributed by atoms with Crippen LogP contribution in [-0.4, -0.2) is 51.7 Å². The summed E-state index contributed by atoms with van der Waals surface area (Å²) in [6, 6.07) is 9.51. The van der Waals surface area contributed by atoms with Gasteiger partial charge in [0.25, 0.3) is 5.91 Å². The van der Waals surface area contributed by atoms with Crippen LogP contribution < -0.4 is 14.2 Å². The number of methoxy groups -OCH3 is 2. The van der Waals surface area contributed by atoms with Gasteiger partial charge in [-0.3, -0.25) is 4.79 Å². The zero-order chi connectivity index (χ0) is 22.7. The monoisotopic (exact) mass is 459 g/mol. The number of sulfonamides is 1. The number of benzene rings is 2. The Labute approximate surface area is 186 Å². The maximum Gasteiger partial charge on any atom is 0.276 e. The lowest BCUT2D eigenvalue weighted by Crippen LogP contribution is -2.35. The molecular formula is C22H25N3O6S. The molecule has 1 aliphatic rings. The number of piperidine rings is 1. The van der Waals surface area contributed by atoms with E-state index in [4.69, 9.17) is 14.0 Å². The summed E-state index contributed by atoms with van der Waals surface area (Å²) in [5, 5.41) is 4.29. The number of nitrogens with one attached hydrogen (secondary N) is 1.